The predicted molar refractivity (Wildman–Crippen MR) is 108 cm³/mol. The molecule has 0 aliphatic carbocycles. The Labute approximate surface area is 158 Å². The molecule has 2 N–H and O–H groups in total. The molecule has 7 nitrogen and oxygen atoms in total. The lowest BCUT2D eigenvalue weighted by Gasteiger charge is -2.10. The number of nitrogens with one attached hydrogen (secondary N) is 2. The molecule has 1 aliphatic heterocycles. The smallest absolute Gasteiger partial charge is 0.263 e. The average Bonchev–Trinajstić information content (AvgIpc) is 3.27. The van der Waals surface area contributed by atoms with E-state index in [0.717, 1.165) is 37.4 Å². The zero-order valence-corrected chi connectivity index (χ0v) is 15.4. The van der Waals surface area contributed by atoms with Crippen molar-refractivity contribution >= 4 is 50.0 Å². The lowest BCUT2D eigenvalue weighted by Crippen LogP contribution is -2.34. The zero-order valence-electron chi connectivity index (χ0n) is 14.6. The third-order valence-electron chi connectivity index (χ3n) is 4.68. The maximum Gasteiger partial charge on any atom is 0.263 e. The second-order valence-electron chi connectivity index (χ2n) is 6.50. The molecule has 0 spiro atoms. The van der Waals surface area contributed by atoms with Gasteiger partial charge in [-0.15, -0.1) is 21.5 Å². The predicted octanol–water partition coefficient (Wildman–Crippen LogP) is 3.22. The number of aromatic nitrogens is 4. The van der Waals surface area contributed by atoms with E-state index in [9.17, 15) is 4.79 Å². The average molecular weight is 376 g/mol. The van der Waals surface area contributed by atoms with Crippen molar-refractivity contribution in [3.63, 3.8) is 0 Å². The lowest BCUT2D eigenvalue weighted by atomic mass is 10.1. The van der Waals surface area contributed by atoms with Gasteiger partial charge in [0.15, 0.2) is 5.82 Å². The number of carbonyl (C=O) groups is 1. The van der Waals surface area contributed by atoms with Crippen molar-refractivity contribution in [2.24, 2.45) is 0 Å². The third kappa shape index (κ3) is 2.41. The quantitative estimate of drug-likeness (QED) is 0.561. The van der Waals surface area contributed by atoms with Crippen LogP contribution in [0.1, 0.15) is 22.4 Å². The van der Waals surface area contributed by atoms with E-state index < -0.39 is 0 Å². The number of pyridine rings is 1. The van der Waals surface area contributed by atoms with E-state index >= 15 is 0 Å². The van der Waals surface area contributed by atoms with E-state index in [-0.39, 0.29) is 11.9 Å². The first-order valence-corrected chi connectivity index (χ1v) is 9.41. The SMILES string of the molecule is C=Cc1nncn1-c1ccc2c(ccc3sc4c(c32)NC[C@@H](C)NC4=O)n1. The molecular weight excluding hydrogens is 360 g/mol. The molecule has 134 valence electrons. The first kappa shape index (κ1) is 16.0. The molecule has 8 heteroatoms. The van der Waals surface area contributed by atoms with Crippen molar-refractivity contribution in [3.8, 4) is 5.82 Å². The molecule has 0 bridgehead atoms. The first-order valence-electron chi connectivity index (χ1n) is 8.59. The summed E-state index contributed by atoms with van der Waals surface area (Å²) in [4.78, 5) is 18.0. The van der Waals surface area contributed by atoms with Gasteiger partial charge in [-0.3, -0.25) is 9.36 Å². The molecular formula is C19H16N6OS. The van der Waals surface area contributed by atoms with E-state index in [1.165, 1.54) is 11.3 Å². The van der Waals surface area contributed by atoms with E-state index in [4.69, 9.17) is 4.98 Å². The second-order valence-corrected chi connectivity index (χ2v) is 7.55. The van der Waals surface area contributed by atoms with Crippen LogP contribution in [0.15, 0.2) is 37.2 Å². The lowest BCUT2D eigenvalue weighted by molar-refractivity contribution is 0.0949. The zero-order chi connectivity index (χ0) is 18.5. The molecule has 0 saturated carbocycles. The van der Waals surface area contributed by atoms with Gasteiger partial charge in [0.05, 0.1) is 11.2 Å². The summed E-state index contributed by atoms with van der Waals surface area (Å²) >= 11 is 1.51. The number of nitrogens with zero attached hydrogens (tertiary/aromatic N) is 4. The number of benzene rings is 1. The van der Waals surface area contributed by atoms with Gasteiger partial charge in [0.2, 0.25) is 0 Å². The summed E-state index contributed by atoms with van der Waals surface area (Å²) < 4.78 is 2.85. The number of anilines is 1. The Morgan fingerprint density at radius 2 is 2.22 bits per heavy atom. The van der Waals surface area contributed by atoms with Gasteiger partial charge in [0.25, 0.3) is 5.91 Å². The van der Waals surface area contributed by atoms with Gasteiger partial charge in [-0.1, -0.05) is 6.58 Å². The van der Waals surface area contributed by atoms with Gasteiger partial charge >= 0.3 is 0 Å². The Morgan fingerprint density at radius 3 is 3.07 bits per heavy atom. The number of thiophene rings is 1. The van der Waals surface area contributed by atoms with Crippen molar-refractivity contribution in [2.45, 2.75) is 13.0 Å². The summed E-state index contributed by atoms with van der Waals surface area (Å²) in [6, 6.07) is 8.05. The number of hydrogen-bond acceptors (Lipinski definition) is 6. The molecule has 0 radical (unpaired) electrons. The molecule has 0 unspecified atom stereocenters. The fourth-order valence-electron chi connectivity index (χ4n) is 3.41. The summed E-state index contributed by atoms with van der Waals surface area (Å²) in [5.74, 6) is 1.34. The van der Waals surface area contributed by atoms with Crippen LogP contribution in [0.5, 0.6) is 0 Å². The highest BCUT2D eigenvalue weighted by molar-refractivity contribution is 7.21. The van der Waals surface area contributed by atoms with E-state index in [1.54, 1.807) is 17.0 Å². The van der Waals surface area contributed by atoms with Crippen LogP contribution in [-0.2, 0) is 0 Å². The van der Waals surface area contributed by atoms with Crippen LogP contribution in [-0.4, -0.2) is 38.2 Å². The van der Waals surface area contributed by atoms with Crippen molar-refractivity contribution in [3.05, 3.63) is 47.9 Å². The number of carbonyl (C=O) groups excluding carboxylic acids is 1. The second kappa shape index (κ2) is 5.88. The van der Waals surface area contributed by atoms with Crippen LogP contribution < -0.4 is 10.6 Å². The minimum Gasteiger partial charge on any atom is -0.381 e. The Bertz CT molecular complexity index is 1220. The third-order valence-corrected chi connectivity index (χ3v) is 5.83. The van der Waals surface area contributed by atoms with Crippen molar-refractivity contribution in [2.75, 3.05) is 11.9 Å². The van der Waals surface area contributed by atoms with Gasteiger partial charge < -0.3 is 10.6 Å². The fraction of sp³-hybridized carbons (Fsp3) is 0.158. The number of rotatable bonds is 2. The fourth-order valence-corrected chi connectivity index (χ4v) is 4.51. The minimum atomic E-state index is -0.0263. The number of amides is 1. The first-order chi connectivity index (χ1) is 13.2. The maximum atomic E-state index is 12.5. The van der Waals surface area contributed by atoms with Gasteiger partial charge in [0, 0.05) is 28.1 Å². The molecule has 3 aromatic heterocycles. The molecule has 5 rings (SSSR count). The summed E-state index contributed by atoms with van der Waals surface area (Å²) in [6.45, 7) is 6.44. The van der Waals surface area contributed by atoms with Gasteiger partial charge in [-0.25, -0.2) is 4.98 Å². The number of fused-ring (bicyclic) bond motifs is 5. The summed E-state index contributed by atoms with van der Waals surface area (Å²) in [5.41, 5.74) is 1.75. The Morgan fingerprint density at radius 1 is 1.33 bits per heavy atom. The molecule has 0 fully saturated rings. The normalized spacial score (nSPS) is 16.6. The Hall–Kier alpha value is -3.26. The molecule has 27 heavy (non-hydrogen) atoms. The standard InChI is InChI=1S/C19H16N6OS/c1-3-14-24-21-9-25(14)15-7-4-11-12(23-15)5-6-13-16(11)17-18(27-13)19(26)22-10(2)8-20-17/h3-7,9-10,20H,1,8H2,2H3,(H,22,26)/t10-/m1/s1. The van der Waals surface area contributed by atoms with E-state index in [0.29, 0.717) is 12.4 Å². The minimum absolute atomic E-state index is 0.0263. The summed E-state index contributed by atoms with van der Waals surface area (Å²) in [5, 5.41) is 16.5. The molecule has 0 saturated heterocycles. The topological polar surface area (TPSA) is 84.7 Å². The van der Waals surface area contributed by atoms with Crippen molar-refractivity contribution in [1.29, 1.82) is 0 Å². The largest absolute Gasteiger partial charge is 0.381 e. The summed E-state index contributed by atoms with van der Waals surface area (Å²) in [7, 11) is 0. The molecule has 4 aromatic rings. The number of hydrogen-bond donors (Lipinski definition) is 2. The van der Waals surface area contributed by atoms with Crippen LogP contribution in [0, 0.1) is 0 Å². The summed E-state index contributed by atoms with van der Waals surface area (Å²) in [6.07, 6.45) is 3.26. The van der Waals surface area contributed by atoms with Gasteiger partial charge in [-0.05, 0) is 37.3 Å². The molecule has 4 heterocycles. The Balaban J connectivity index is 1.74. The van der Waals surface area contributed by atoms with Crippen LogP contribution in [0.25, 0.3) is 32.9 Å². The van der Waals surface area contributed by atoms with Crippen molar-refractivity contribution in [1.82, 2.24) is 25.1 Å². The Kier molecular flexibility index (Phi) is 3.48. The highest BCUT2D eigenvalue weighted by atomic mass is 32.1. The van der Waals surface area contributed by atoms with E-state index in [2.05, 4.69) is 27.4 Å². The van der Waals surface area contributed by atoms with Crippen LogP contribution in [0.4, 0.5) is 5.69 Å². The van der Waals surface area contributed by atoms with Crippen LogP contribution in [0.2, 0.25) is 0 Å². The highest BCUT2D eigenvalue weighted by Crippen LogP contribution is 2.40. The molecule has 1 atom stereocenters. The van der Waals surface area contributed by atoms with Gasteiger partial charge in [0.1, 0.15) is 17.0 Å². The maximum absolute atomic E-state index is 12.5. The molecule has 1 aromatic carbocycles. The molecule has 1 aliphatic rings. The van der Waals surface area contributed by atoms with Crippen LogP contribution in [0.3, 0.4) is 0 Å². The highest BCUT2D eigenvalue weighted by Gasteiger charge is 2.24. The monoisotopic (exact) mass is 376 g/mol. The van der Waals surface area contributed by atoms with Crippen molar-refractivity contribution < 1.29 is 4.79 Å². The molecule has 1 amide bonds. The van der Waals surface area contributed by atoms with E-state index in [1.807, 2.05) is 31.2 Å². The van der Waals surface area contributed by atoms with Crippen LogP contribution >= 0.6 is 11.3 Å². The van der Waals surface area contributed by atoms with Gasteiger partial charge in [-0.2, -0.15) is 0 Å².